The lowest BCUT2D eigenvalue weighted by Crippen LogP contribution is -2.18. The van der Waals surface area contributed by atoms with Crippen molar-refractivity contribution in [1.82, 2.24) is 0 Å². The summed E-state index contributed by atoms with van der Waals surface area (Å²) in [6, 6.07) is 8.07. The highest BCUT2D eigenvalue weighted by atomic mass is 35.5. The average molecular weight is 313 g/mol. The largest absolute Gasteiger partial charge is 0.492 e. The minimum atomic E-state index is -0.200. The van der Waals surface area contributed by atoms with E-state index in [0.29, 0.717) is 0 Å². The first-order chi connectivity index (χ1) is 8.99. The number of alkyl halides is 1. The Balaban J connectivity index is 2.02. The molecule has 1 aliphatic heterocycles. The molecule has 1 atom stereocenters. The van der Waals surface area contributed by atoms with Gasteiger partial charge in [0.2, 0.25) is 0 Å². The van der Waals surface area contributed by atoms with Crippen LogP contribution in [-0.2, 0) is 5.41 Å². The second kappa shape index (κ2) is 4.69. The van der Waals surface area contributed by atoms with Crippen molar-refractivity contribution in [2.45, 2.75) is 24.6 Å². The van der Waals surface area contributed by atoms with Gasteiger partial charge in [0.1, 0.15) is 5.75 Å². The maximum absolute atomic E-state index is 6.56. The van der Waals surface area contributed by atoms with E-state index >= 15 is 0 Å². The number of hydrogen-bond acceptors (Lipinski definition) is 2. The van der Waals surface area contributed by atoms with E-state index in [-0.39, 0.29) is 10.8 Å². The van der Waals surface area contributed by atoms with Gasteiger partial charge in [-0.15, -0.1) is 22.9 Å². The Morgan fingerprint density at radius 3 is 2.79 bits per heavy atom. The number of rotatable bonds is 2. The lowest BCUT2D eigenvalue weighted by Gasteiger charge is -2.17. The van der Waals surface area contributed by atoms with Crippen LogP contribution in [0.15, 0.2) is 29.6 Å². The molecule has 2 heterocycles. The fourth-order valence-corrected chi connectivity index (χ4v) is 3.96. The lowest BCUT2D eigenvalue weighted by atomic mass is 9.86. The van der Waals surface area contributed by atoms with Crippen molar-refractivity contribution < 1.29 is 4.74 Å². The van der Waals surface area contributed by atoms with Crippen molar-refractivity contribution in [2.24, 2.45) is 0 Å². The molecule has 0 saturated heterocycles. The highest BCUT2D eigenvalue weighted by molar-refractivity contribution is 7.11. The Kier molecular flexibility index (Phi) is 3.28. The van der Waals surface area contributed by atoms with Gasteiger partial charge in [-0.1, -0.05) is 31.5 Å². The molecule has 0 fully saturated rings. The van der Waals surface area contributed by atoms with Crippen molar-refractivity contribution >= 4 is 34.5 Å². The number of halogens is 2. The lowest BCUT2D eigenvalue weighted by molar-refractivity contribution is 0.291. The van der Waals surface area contributed by atoms with E-state index in [9.17, 15) is 0 Å². The van der Waals surface area contributed by atoms with Gasteiger partial charge >= 0.3 is 0 Å². The van der Waals surface area contributed by atoms with Crippen LogP contribution in [0.25, 0.3) is 0 Å². The maximum Gasteiger partial charge on any atom is 0.123 e. The molecule has 100 valence electrons. The molecular weight excluding hydrogens is 299 g/mol. The van der Waals surface area contributed by atoms with Crippen molar-refractivity contribution in [3.63, 3.8) is 0 Å². The minimum Gasteiger partial charge on any atom is -0.492 e. The van der Waals surface area contributed by atoms with Crippen LogP contribution in [0, 0.1) is 0 Å². The van der Waals surface area contributed by atoms with Crippen LogP contribution in [0.3, 0.4) is 0 Å². The zero-order chi connectivity index (χ0) is 13.6. The Morgan fingerprint density at radius 2 is 2.11 bits per heavy atom. The van der Waals surface area contributed by atoms with Crippen LogP contribution in [-0.4, -0.2) is 6.61 Å². The molecule has 0 saturated carbocycles. The fraction of sp³-hybridized carbons (Fsp3) is 0.333. The summed E-state index contributed by atoms with van der Waals surface area (Å²) in [6.45, 7) is 5.09. The molecule has 0 aliphatic carbocycles. The van der Waals surface area contributed by atoms with Gasteiger partial charge in [0.05, 0.1) is 17.0 Å². The summed E-state index contributed by atoms with van der Waals surface area (Å²) in [5, 5.41) is 2.50. The van der Waals surface area contributed by atoms with E-state index in [2.05, 4.69) is 19.9 Å². The summed E-state index contributed by atoms with van der Waals surface area (Å²) in [5.41, 5.74) is 2.34. The molecule has 4 heteroatoms. The van der Waals surface area contributed by atoms with E-state index in [1.807, 2.05) is 23.6 Å². The molecule has 1 unspecified atom stereocenters. The van der Waals surface area contributed by atoms with Crippen molar-refractivity contribution in [1.29, 1.82) is 0 Å². The predicted molar refractivity (Wildman–Crippen MR) is 82.0 cm³/mol. The molecule has 1 nitrogen and oxygen atoms in total. The van der Waals surface area contributed by atoms with E-state index in [1.54, 1.807) is 11.3 Å². The molecule has 1 aliphatic rings. The molecular formula is C15H14Cl2OS. The predicted octanol–water partition coefficient (Wildman–Crippen LogP) is 5.40. The zero-order valence-electron chi connectivity index (χ0n) is 10.7. The summed E-state index contributed by atoms with van der Waals surface area (Å²) >= 11 is 14.3. The first kappa shape index (κ1) is 13.3. The SMILES string of the molecule is CC1(C)COc2ccc(C(Cl)c3sccc3Cl)cc21. The summed E-state index contributed by atoms with van der Waals surface area (Å²) in [6.07, 6.45) is 0. The topological polar surface area (TPSA) is 9.23 Å². The molecule has 1 aromatic carbocycles. The third kappa shape index (κ3) is 2.26. The van der Waals surface area contributed by atoms with Crippen LogP contribution in [0.2, 0.25) is 5.02 Å². The monoisotopic (exact) mass is 312 g/mol. The summed E-state index contributed by atoms with van der Waals surface area (Å²) in [4.78, 5) is 1.00. The molecule has 19 heavy (non-hydrogen) atoms. The first-order valence-corrected chi connectivity index (χ1v) is 7.82. The van der Waals surface area contributed by atoms with Gasteiger partial charge in [0, 0.05) is 15.9 Å². The quantitative estimate of drug-likeness (QED) is 0.675. The maximum atomic E-state index is 6.56. The van der Waals surface area contributed by atoms with Gasteiger partial charge in [-0.3, -0.25) is 0 Å². The Morgan fingerprint density at radius 1 is 1.32 bits per heavy atom. The summed E-state index contributed by atoms with van der Waals surface area (Å²) < 4.78 is 5.70. The standard InChI is InChI=1S/C15H14Cl2OS/c1-15(2)8-18-12-4-3-9(7-10(12)15)13(17)14-11(16)5-6-19-14/h3-7,13H,8H2,1-2H3. The van der Waals surface area contributed by atoms with Crippen LogP contribution in [0.1, 0.15) is 35.2 Å². The third-order valence-corrected chi connectivity index (χ3v) is 5.51. The van der Waals surface area contributed by atoms with Crippen LogP contribution < -0.4 is 4.74 Å². The van der Waals surface area contributed by atoms with Gasteiger partial charge in [-0.05, 0) is 29.1 Å². The van der Waals surface area contributed by atoms with Gasteiger partial charge in [-0.25, -0.2) is 0 Å². The fourth-order valence-electron chi connectivity index (χ4n) is 2.33. The summed E-state index contributed by atoms with van der Waals surface area (Å²) in [7, 11) is 0. The second-order valence-corrected chi connectivity index (χ2v) is 7.21. The van der Waals surface area contributed by atoms with E-state index in [0.717, 1.165) is 27.8 Å². The Labute approximate surface area is 127 Å². The molecule has 2 aromatic rings. The zero-order valence-corrected chi connectivity index (χ0v) is 13.1. The summed E-state index contributed by atoms with van der Waals surface area (Å²) in [5.74, 6) is 0.967. The number of benzene rings is 1. The van der Waals surface area contributed by atoms with Crippen molar-refractivity contribution in [2.75, 3.05) is 6.61 Å². The number of fused-ring (bicyclic) bond motifs is 1. The molecule has 1 aromatic heterocycles. The Hall–Kier alpha value is -0.700. The van der Waals surface area contributed by atoms with E-state index in [1.165, 1.54) is 5.56 Å². The van der Waals surface area contributed by atoms with Crippen molar-refractivity contribution in [3.8, 4) is 5.75 Å². The molecule has 0 N–H and O–H groups in total. The van der Waals surface area contributed by atoms with Gasteiger partial charge < -0.3 is 4.74 Å². The average Bonchev–Trinajstić information content (AvgIpc) is 2.93. The molecule has 0 bridgehead atoms. The minimum absolute atomic E-state index is 0.0429. The first-order valence-electron chi connectivity index (χ1n) is 6.13. The van der Waals surface area contributed by atoms with Gasteiger partial charge in [0.15, 0.2) is 0 Å². The molecule has 0 amide bonds. The smallest absolute Gasteiger partial charge is 0.123 e. The van der Waals surface area contributed by atoms with E-state index < -0.39 is 0 Å². The number of thiophene rings is 1. The molecule has 0 radical (unpaired) electrons. The normalized spacial score (nSPS) is 17.9. The van der Waals surface area contributed by atoms with E-state index in [4.69, 9.17) is 27.9 Å². The second-order valence-electron chi connectivity index (χ2n) is 5.42. The van der Waals surface area contributed by atoms with Gasteiger partial charge in [-0.2, -0.15) is 0 Å². The van der Waals surface area contributed by atoms with Gasteiger partial charge in [0.25, 0.3) is 0 Å². The Bertz CT molecular complexity index is 618. The highest BCUT2D eigenvalue weighted by Crippen LogP contribution is 2.43. The number of ether oxygens (including phenoxy) is 1. The number of hydrogen-bond donors (Lipinski definition) is 0. The van der Waals surface area contributed by atoms with Crippen LogP contribution >= 0.6 is 34.5 Å². The third-order valence-electron chi connectivity index (χ3n) is 3.49. The molecule has 0 spiro atoms. The highest BCUT2D eigenvalue weighted by Gasteiger charge is 2.32. The van der Waals surface area contributed by atoms with Crippen LogP contribution in [0.4, 0.5) is 0 Å². The van der Waals surface area contributed by atoms with Crippen LogP contribution in [0.5, 0.6) is 5.75 Å². The molecule has 3 rings (SSSR count). The van der Waals surface area contributed by atoms with Crippen molar-refractivity contribution in [3.05, 3.63) is 50.7 Å².